The number of ether oxygens (including phenoxy) is 1. The fraction of sp³-hybridized carbons (Fsp3) is 0.222. The van der Waals surface area contributed by atoms with E-state index in [4.69, 9.17) is 4.74 Å². The molecule has 0 radical (unpaired) electrons. The molecular weight excluding hydrogens is 326 g/mol. The van der Waals surface area contributed by atoms with E-state index in [9.17, 15) is 13.5 Å². The van der Waals surface area contributed by atoms with Gasteiger partial charge in [-0.05, 0) is 32.0 Å². The van der Waals surface area contributed by atoms with Crippen molar-refractivity contribution in [1.29, 1.82) is 0 Å². The number of hydrogen-bond acceptors (Lipinski definition) is 4. The van der Waals surface area contributed by atoms with Gasteiger partial charge in [-0.3, -0.25) is 0 Å². The molecule has 4 rings (SSSR count). The zero-order chi connectivity index (χ0) is 17.1. The van der Waals surface area contributed by atoms with Crippen LogP contribution in [0.3, 0.4) is 0 Å². The molecule has 1 aliphatic heterocycles. The van der Waals surface area contributed by atoms with E-state index in [1.807, 2.05) is 6.07 Å². The number of aromatic nitrogens is 1. The summed E-state index contributed by atoms with van der Waals surface area (Å²) in [6.45, 7) is 3.29. The van der Waals surface area contributed by atoms with Gasteiger partial charge in [0.25, 0.3) is 10.0 Å². The van der Waals surface area contributed by atoms with Crippen molar-refractivity contribution in [3.63, 3.8) is 0 Å². The predicted molar refractivity (Wildman–Crippen MR) is 90.0 cm³/mol. The molecule has 1 aliphatic rings. The number of benzene rings is 2. The van der Waals surface area contributed by atoms with Crippen LogP contribution in [0.5, 0.6) is 0 Å². The maximum atomic E-state index is 13.3. The average molecular weight is 343 g/mol. The Balaban J connectivity index is 2.14. The van der Waals surface area contributed by atoms with Crippen LogP contribution in [0.4, 0.5) is 0 Å². The molecule has 0 saturated carbocycles. The smallest absolute Gasteiger partial charge is 0.268 e. The maximum Gasteiger partial charge on any atom is 0.268 e. The largest absolute Gasteiger partial charge is 0.362 e. The van der Waals surface area contributed by atoms with E-state index in [0.717, 1.165) is 0 Å². The molecule has 0 fully saturated rings. The SMILES string of the molecule is CC1OC(C)(O)c2c1n(S(=O)(=O)c1ccccc1)c1ccccc21. The van der Waals surface area contributed by atoms with Crippen molar-refractivity contribution in [2.24, 2.45) is 0 Å². The van der Waals surface area contributed by atoms with Crippen molar-refractivity contribution >= 4 is 20.9 Å². The molecule has 0 spiro atoms. The zero-order valence-corrected chi connectivity index (χ0v) is 14.1. The zero-order valence-electron chi connectivity index (χ0n) is 13.3. The Kier molecular flexibility index (Phi) is 3.16. The molecule has 124 valence electrons. The number of rotatable bonds is 2. The molecule has 0 aliphatic carbocycles. The van der Waals surface area contributed by atoms with Crippen molar-refractivity contribution in [2.75, 3.05) is 0 Å². The van der Waals surface area contributed by atoms with Crippen LogP contribution < -0.4 is 0 Å². The van der Waals surface area contributed by atoms with E-state index < -0.39 is 21.9 Å². The van der Waals surface area contributed by atoms with Gasteiger partial charge < -0.3 is 9.84 Å². The topological polar surface area (TPSA) is 68.5 Å². The Morgan fingerprint density at radius 1 is 1.08 bits per heavy atom. The van der Waals surface area contributed by atoms with E-state index >= 15 is 0 Å². The molecule has 2 atom stereocenters. The minimum Gasteiger partial charge on any atom is -0.362 e. The van der Waals surface area contributed by atoms with E-state index in [2.05, 4.69) is 0 Å². The Bertz CT molecular complexity index is 1040. The van der Waals surface area contributed by atoms with Crippen LogP contribution in [0.15, 0.2) is 59.5 Å². The van der Waals surface area contributed by atoms with Gasteiger partial charge in [-0.15, -0.1) is 0 Å². The van der Waals surface area contributed by atoms with Gasteiger partial charge in [-0.2, -0.15) is 0 Å². The Morgan fingerprint density at radius 3 is 2.42 bits per heavy atom. The first-order valence-electron chi connectivity index (χ1n) is 7.68. The van der Waals surface area contributed by atoms with Crippen LogP contribution >= 0.6 is 0 Å². The summed E-state index contributed by atoms with van der Waals surface area (Å²) in [6.07, 6.45) is -0.541. The number of fused-ring (bicyclic) bond motifs is 3. The molecular formula is C18H17NO4S. The van der Waals surface area contributed by atoms with Gasteiger partial charge in [-0.25, -0.2) is 12.4 Å². The summed E-state index contributed by atoms with van der Waals surface area (Å²) in [5, 5.41) is 11.3. The number of nitrogens with zero attached hydrogens (tertiary/aromatic N) is 1. The monoisotopic (exact) mass is 343 g/mol. The number of hydrogen-bond donors (Lipinski definition) is 1. The van der Waals surface area contributed by atoms with Crippen LogP contribution in [0.1, 0.15) is 31.2 Å². The molecule has 5 nitrogen and oxygen atoms in total. The Morgan fingerprint density at radius 2 is 1.71 bits per heavy atom. The number of para-hydroxylation sites is 1. The lowest BCUT2D eigenvalue weighted by molar-refractivity contribution is -0.205. The van der Waals surface area contributed by atoms with Gasteiger partial charge in [-0.1, -0.05) is 36.4 Å². The summed E-state index contributed by atoms with van der Waals surface area (Å²) in [6, 6.07) is 15.4. The van der Waals surface area contributed by atoms with E-state index in [0.29, 0.717) is 22.2 Å². The quantitative estimate of drug-likeness (QED) is 0.776. The molecule has 0 bridgehead atoms. The minimum atomic E-state index is -3.81. The molecule has 0 amide bonds. The van der Waals surface area contributed by atoms with Crippen LogP contribution in [-0.2, 0) is 20.5 Å². The lowest BCUT2D eigenvalue weighted by atomic mass is 10.0. The molecule has 2 aromatic carbocycles. The molecule has 6 heteroatoms. The first-order chi connectivity index (χ1) is 11.3. The first-order valence-corrected chi connectivity index (χ1v) is 9.12. The molecule has 2 heterocycles. The fourth-order valence-electron chi connectivity index (χ4n) is 3.50. The Labute approximate surface area is 140 Å². The lowest BCUT2D eigenvalue weighted by Crippen LogP contribution is -2.19. The summed E-state index contributed by atoms with van der Waals surface area (Å²) in [7, 11) is -3.81. The minimum absolute atomic E-state index is 0.201. The summed E-state index contributed by atoms with van der Waals surface area (Å²) in [5.74, 6) is -1.52. The van der Waals surface area contributed by atoms with Crippen LogP contribution in [0.25, 0.3) is 10.9 Å². The Hall–Kier alpha value is -2.15. The predicted octanol–water partition coefficient (Wildman–Crippen LogP) is 3.13. The van der Waals surface area contributed by atoms with Crippen LogP contribution in [-0.4, -0.2) is 17.5 Å². The summed E-state index contributed by atoms with van der Waals surface area (Å²) in [4.78, 5) is 0.201. The van der Waals surface area contributed by atoms with E-state index in [1.165, 1.54) is 3.97 Å². The summed E-state index contributed by atoms with van der Waals surface area (Å²) >= 11 is 0. The lowest BCUT2D eigenvalue weighted by Gasteiger charge is -2.19. The van der Waals surface area contributed by atoms with Crippen molar-refractivity contribution < 1.29 is 18.3 Å². The maximum absolute atomic E-state index is 13.3. The highest BCUT2D eigenvalue weighted by Crippen LogP contribution is 2.47. The molecule has 2 unspecified atom stereocenters. The highest BCUT2D eigenvalue weighted by atomic mass is 32.2. The van der Waals surface area contributed by atoms with Gasteiger partial charge in [0.2, 0.25) is 0 Å². The van der Waals surface area contributed by atoms with Crippen molar-refractivity contribution in [3.8, 4) is 0 Å². The molecule has 0 saturated heterocycles. The second kappa shape index (κ2) is 4.92. The fourth-order valence-corrected chi connectivity index (χ4v) is 5.13. The van der Waals surface area contributed by atoms with Gasteiger partial charge >= 0.3 is 0 Å². The highest BCUT2D eigenvalue weighted by Gasteiger charge is 2.45. The van der Waals surface area contributed by atoms with Gasteiger partial charge in [0.05, 0.1) is 16.1 Å². The third-order valence-corrected chi connectivity index (χ3v) is 6.15. The van der Waals surface area contributed by atoms with E-state index in [-0.39, 0.29) is 4.90 Å². The normalized spacial score (nSPS) is 23.5. The summed E-state index contributed by atoms with van der Waals surface area (Å²) in [5.41, 5.74) is 1.54. The van der Waals surface area contributed by atoms with Crippen molar-refractivity contribution in [2.45, 2.75) is 30.6 Å². The third-order valence-electron chi connectivity index (χ3n) is 4.40. The standard InChI is InChI=1S/C18H17NO4S/c1-12-17-16(18(2,20)23-12)14-10-6-7-11-15(14)19(17)24(21,22)13-8-4-3-5-9-13/h3-12,20H,1-2H3. The van der Waals surface area contributed by atoms with Crippen molar-refractivity contribution in [1.82, 2.24) is 3.97 Å². The summed E-state index contributed by atoms with van der Waals surface area (Å²) < 4.78 is 33.4. The second-order valence-electron chi connectivity index (χ2n) is 6.10. The highest BCUT2D eigenvalue weighted by molar-refractivity contribution is 7.90. The molecule has 24 heavy (non-hydrogen) atoms. The van der Waals surface area contributed by atoms with Gasteiger partial charge in [0.15, 0.2) is 5.79 Å². The van der Waals surface area contributed by atoms with Crippen molar-refractivity contribution in [3.05, 3.63) is 65.9 Å². The first kappa shape index (κ1) is 15.4. The molecule has 1 aromatic heterocycles. The van der Waals surface area contributed by atoms with Gasteiger partial charge in [0, 0.05) is 10.9 Å². The van der Waals surface area contributed by atoms with Crippen LogP contribution in [0.2, 0.25) is 0 Å². The molecule has 1 N–H and O–H groups in total. The number of aliphatic hydroxyl groups is 1. The third kappa shape index (κ3) is 1.97. The van der Waals surface area contributed by atoms with Gasteiger partial charge in [0.1, 0.15) is 6.10 Å². The van der Waals surface area contributed by atoms with Crippen LogP contribution in [0, 0.1) is 0 Å². The van der Waals surface area contributed by atoms with E-state index in [1.54, 1.807) is 62.4 Å². The molecule has 3 aromatic rings. The average Bonchev–Trinajstić information content (AvgIpc) is 3.02. The second-order valence-corrected chi connectivity index (χ2v) is 7.89.